The Labute approximate surface area is 119 Å². The van der Waals surface area contributed by atoms with Crippen molar-refractivity contribution in [1.29, 1.82) is 0 Å². The second-order valence-corrected chi connectivity index (χ2v) is 4.84. The number of methoxy groups -OCH3 is 1. The minimum atomic E-state index is -0.108. The smallest absolute Gasteiger partial charge is 0.255 e. The maximum atomic E-state index is 12.6. The lowest BCUT2D eigenvalue weighted by atomic mass is 10.1. The first-order valence-electron chi connectivity index (χ1n) is 6.36. The SMILES string of the molecule is CCC(C)N(CCOC)C(=O)c1cccc(N)c1Cl. The molecule has 0 bridgehead atoms. The first kappa shape index (κ1) is 15.8. The lowest BCUT2D eigenvalue weighted by Crippen LogP contribution is -2.40. The number of anilines is 1. The van der Waals surface area contributed by atoms with E-state index >= 15 is 0 Å². The molecule has 1 amide bonds. The topological polar surface area (TPSA) is 55.6 Å². The maximum Gasteiger partial charge on any atom is 0.255 e. The molecule has 106 valence electrons. The van der Waals surface area contributed by atoms with Gasteiger partial charge in [-0.15, -0.1) is 0 Å². The van der Waals surface area contributed by atoms with Crippen molar-refractivity contribution < 1.29 is 9.53 Å². The number of benzene rings is 1. The lowest BCUT2D eigenvalue weighted by molar-refractivity contribution is 0.0614. The molecule has 1 aromatic carbocycles. The number of carbonyl (C=O) groups excluding carboxylic acids is 1. The third-order valence-corrected chi connectivity index (χ3v) is 3.60. The van der Waals surface area contributed by atoms with Crippen molar-refractivity contribution in [3.8, 4) is 0 Å². The maximum absolute atomic E-state index is 12.6. The van der Waals surface area contributed by atoms with Crippen LogP contribution in [0, 0.1) is 0 Å². The highest BCUT2D eigenvalue weighted by Gasteiger charge is 2.22. The Balaban J connectivity index is 3.01. The molecule has 0 saturated carbocycles. The molecular weight excluding hydrogens is 264 g/mol. The Bertz CT molecular complexity index is 437. The first-order chi connectivity index (χ1) is 9.02. The molecule has 0 aliphatic heterocycles. The molecule has 19 heavy (non-hydrogen) atoms. The van der Waals surface area contributed by atoms with E-state index in [1.54, 1.807) is 30.2 Å². The summed E-state index contributed by atoms with van der Waals surface area (Å²) < 4.78 is 5.06. The molecule has 1 aromatic rings. The molecule has 2 N–H and O–H groups in total. The number of halogens is 1. The quantitative estimate of drug-likeness (QED) is 0.817. The van der Waals surface area contributed by atoms with Crippen LogP contribution in [0.3, 0.4) is 0 Å². The van der Waals surface area contributed by atoms with Crippen LogP contribution in [-0.4, -0.2) is 37.1 Å². The highest BCUT2D eigenvalue weighted by molar-refractivity contribution is 6.36. The third-order valence-electron chi connectivity index (χ3n) is 3.18. The van der Waals surface area contributed by atoms with Gasteiger partial charge in [-0.25, -0.2) is 0 Å². The molecule has 1 rings (SSSR count). The summed E-state index contributed by atoms with van der Waals surface area (Å²) in [6, 6.07) is 5.24. The van der Waals surface area contributed by atoms with Crippen molar-refractivity contribution in [3.05, 3.63) is 28.8 Å². The Hall–Kier alpha value is -1.26. The molecule has 0 saturated heterocycles. The van der Waals surface area contributed by atoms with E-state index in [0.29, 0.717) is 29.4 Å². The fourth-order valence-corrected chi connectivity index (χ4v) is 2.01. The second-order valence-electron chi connectivity index (χ2n) is 4.46. The molecule has 0 aliphatic rings. The van der Waals surface area contributed by atoms with Crippen LogP contribution in [0.15, 0.2) is 18.2 Å². The predicted molar refractivity (Wildman–Crippen MR) is 78.5 cm³/mol. The van der Waals surface area contributed by atoms with Crippen molar-refractivity contribution in [3.63, 3.8) is 0 Å². The minimum Gasteiger partial charge on any atom is -0.398 e. The van der Waals surface area contributed by atoms with Crippen LogP contribution in [0.1, 0.15) is 30.6 Å². The molecule has 4 nitrogen and oxygen atoms in total. The number of hydrogen-bond acceptors (Lipinski definition) is 3. The summed E-state index contributed by atoms with van der Waals surface area (Å²) in [6.45, 7) is 5.08. The fraction of sp³-hybridized carbons (Fsp3) is 0.500. The van der Waals surface area contributed by atoms with Gasteiger partial charge in [-0.2, -0.15) is 0 Å². The van der Waals surface area contributed by atoms with Crippen molar-refractivity contribution in [1.82, 2.24) is 4.90 Å². The Kier molecular flexibility index (Phi) is 6.12. The van der Waals surface area contributed by atoms with Crippen molar-refractivity contribution >= 4 is 23.2 Å². The van der Waals surface area contributed by atoms with Crippen LogP contribution >= 0.6 is 11.6 Å². The fourth-order valence-electron chi connectivity index (χ4n) is 1.80. The van der Waals surface area contributed by atoms with Crippen LogP contribution in [0.25, 0.3) is 0 Å². The van der Waals surface area contributed by atoms with Crippen molar-refractivity contribution in [2.24, 2.45) is 0 Å². The highest BCUT2D eigenvalue weighted by Crippen LogP contribution is 2.25. The lowest BCUT2D eigenvalue weighted by Gasteiger charge is -2.29. The monoisotopic (exact) mass is 284 g/mol. The van der Waals surface area contributed by atoms with Gasteiger partial charge in [0.05, 0.1) is 22.9 Å². The summed E-state index contributed by atoms with van der Waals surface area (Å²) in [5, 5.41) is 0.318. The van der Waals surface area contributed by atoms with Crippen LogP contribution in [0.5, 0.6) is 0 Å². The van der Waals surface area contributed by atoms with Crippen LogP contribution in [0.4, 0.5) is 5.69 Å². The van der Waals surface area contributed by atoms with E-state index in [-0.39, 0.29) is 11.9 Å². The number of nitrogen functional groups attached to an aromatic ring is 1. The van der Waals surface area contributed by atoms with Gasteiger partial charge in [0.2, 0.25) is 0 Å². The van der Waals surface area contributed by atoms with E-state index in [9.17, 15) is 4.79 Å². The molecule has 1 unspecified atom stereocenters. The van der Waals surface area contributed by atoms with E-state index < -0.39 is 0 Å². The number of ether oxygens (including phenoxy) is 1. The molecular formula is C14H21ClN2O2. The van der Waals surface area contributed by atoms with Crippen LogP contribution in [-0.2, 0) is 4.74 Å². The van der Waals surface area contributed by atoms with Gasteiger partial charge in [-0.1, -0.05) is 24.6 Å². The van der Waals surface area contributed by atoms with Crippen molar-refractivity contribution in [2.45, 2.75) is 26.3 Å². The van der Waals surface area contributed by atoms with Gasteiger partial charge in [0.15, 0.2) is 0 Å². The molecule has 0 fully saturated rings. The first-order valence-corrected chi connectivity index (χ1v) is 6.74. The number of nitrogens with two attached hydrogens (primary N) is 1. The van der Waals surface area contributed by atoms with Crippen LogP contribution in [0.2, 0.25) is 5.02 Å². The van der Waals surface area contributed by atoms with Gasteiger partial charge >= 0.3 is 0 Å². The van der Waals surface area contributed by atoms with Gasteiger partial charge in [0.1, 0.15) is 0 Å². The van der Waals surface area contributed by atoms with Gasteiger partial charge in [0.25, 0.3) is 5.91 Å². The summed E-state index contributed by atoms with van der Waals surface area (Å²) in [5.74, 6) is -0.108. The highest BCUT2D eigenvalue weighted by atomic mass is 35.5. The number of nitrogens with zero attached hydrogens (tertiary/aromatic N) is 1. The molecule has 5 heteroatoms. The average Bonchev–Trinajstić information content (AvgIpc) is 2.41. The van der Waals surface area contributed by atoms with Gasteiger partial charge < -0.3 is 15.4 Å². The average molecular weight is 285 g/mol. The minimum absolute atomic E-state index is 0.108. The zero-order valence-electron chi connectivity index (χ0n) is 11.6. The predicted octanol–water partition coefficient (Wildman–Crippen LogP) is 2.81. The summed E-state index contributed by atoms with van der Waals surface area (Å²) in [7, 11) is 1.62. The Morgan fingerprint density at radius 3 is 2.79 bits per heavy atom. The van der Waals surface area contributed by atoms with E-state index in [4.69, 9.17) is 22.1 Å². The van der Waals surface area contributed by atoms with Gasteiger partial charge in [-0.3, -0.25) is 4.79 Å². The van der Waals surface area contributed by atoms with Crippen molar-refractivity contribution in [2.75, 3.05) is 26.0 Å². The molecule has 0 heterocycles. The summed E-state index contributed by atoms with van der Waals surface area (Å²) >= 11 is 6.11. The van der Waals surface area contributed by atoms with E-state index in [2.05, 4.69) is 0 Å². The molecule has 0 spiro atoms. The number of rotatable bonds is 6. The zero-order chi connectivity index (χ0) is 14.4. The summed E-state index contributed by atoms with van der Waals surface area (Å²) in [5.41, 5.74) is 6.60. The summed E-state index contributed by atoms with van der Waals surface area (Å²) in [4.78, 5) is 14.3. The molecule has 0 radical (unpaired) electrons. The van der Waals surface area contributed by atoms with E-state index in [1.165, 1.54) is 0 Å². The number of hydrogen-bond donors (Lipinski definition) is 1. The van der Waals surface area contributed by atoms with E-state index in [0.717, 1.165) is 6.42 Å². The third kappa shape index (κ3) is 3.85. The standard InChI is InChI=1S/C14H21ClN2O2/c1-4-10(2)17(8-9-19-3)14(18)11-6-5-7-12(16)13(11)15/h5-7,10H,4,8-9,16H2,1-3H3. The second kappa shape index (κ2) is 7.36. The number of amides is 1. The molecule has 0 aliphatic carbocycles. The molecule has 0 aromatic heterocycles. The van der Waals surface area contributed by atoms with E-state index in [1.807, 2.05) is 13.8 Å². The summed E-state index contributed by atoms with van der Waals surface area (Å²) in [6.07, 6.45) is 0.870. The largest absolute Gasteiger partial charge is 0.398 e. The van der Waals surface area contributed by atoms with Gasteiger partial charge in [-0.05, 0) is 25.5 Å². The number of carbonyl (C=O) groups is 1. The van der Waals surface area contributed by atoms with Gasteiger partial charge in [0, 0.05) is 19.7 Å². The normalized spacial score (nSPS) is 12.2. The van der Waals surface area contributed by atoms with Crippen LogP contribution < -0.4 is 5.73 Å². The Morgan fingerprint density at radius 1 is 1.53 bits per heavy atom. The Morgan fingerprint density at radius 2 is 2.21 bits per heavy atom. The zero-order valence-corrected chi connectivity index (χ0v) is 12.4. The molecule has 1 atom stereocenters.